The van der Waals surface area contributed by atoms with Crippen LogP contribution in [0.25, 0.3) is 0 Å². The van der Waals surface area contributed by atoms with E-state index in [9.17, 15) is 14.4 Å². The van der Waals surface area contributed by atoms with Crippen molar-refractivity contribution in [2.75, 3.05) is 13.2 Å². The van der Waals surface area contributed by atoms with Crippen molar-refractivity contribution in [2.45, 2.75) is 355 Å². The van der Waals surface area contributed by atoms with Crippen LogP contribution in [0.3, 0.4) is 0 Å². The van der Waals surface area contributed by atoms with E-state index in [1.54, 1.807) is 0 Å². The van der Waals surface area contributed by atoms with Gasteiger partial charge in [0.2, 0.25) is 0 Å². The number of carbonyl (C=O) groups excluding carboxylic acids is 3. The van der Waals surface area contributed by atoms with Gasteiger partial charge in [0.15, 0.2) is 6.10 Å². The average Bonchev–Trinajstić information content (AvgIpc) is 3.31. The van der Waals surface area contributed by atoms with Gasteiger partial charge in [-0.1, -0.05) is 311 Å². The summed E-state index contributed by atoms with van der Waals surface area (Å²) in [5.41, 5.74) is 0. The summed E-state index contributed by atoms with van der Waals surface area (Å²) in [4.78, 5) is 38.2. The van der Waals surface area contributed by atoms with Gasteiger partial charge in [0.05, 0.1) is 0 Å². The normalized spacial score (nSPS) is 12.0. The molecule has 0 fully saturated rings. The molecule has 0 spiro atoms. The van der Waals surface area contributed by atoms with Crippen LogP contribution in [0, 0.1) is 11.8 Å². The molecular formula is C62H120O6. The lowest BCUT2D eigenvalue weighted by Crippen LogP contribution is -2.30. The molecule has 6 heteroatoms. The molecule has 0 amide bonds. The van der Waals surface area contributed by atoms with Crippen LogP contribution in [0.5, 0.6) is 0 Å². The highest BCUT2D eigenvalue weighted by Gasteiger charge is 2.19. The molecule has 0 aromatic carbocycles. The molecule has 0 rings (SSSR count). The van der Waals surface area contributed by atoms with Crippen molar-refractivity contribution in [3.63, 3.8) is 0 Å². The molecule has 0 unspecified atom stereocenters. The third-order valence-corrected chi connectivity index (χ3v) is 14.2. The molecule has 404 valence electrons. The number of carbonyl (C=O) groups is 3. The third-order valence-electron chi connectivity index (χ3n) is 14.2. The van der Waals surface area contributed by atoms with E-state index in [-0.39, 0.29) is 31.1 Å². The summed E-state index contributed by atoms with van der Waals surface area (Å²) < 4.78 is 16.9. The second kappa shape index (κ2) is 54.7. The summed E-state index contributed by atoms with van der Waals surface area (Å²) in [6, 6.07) is 0. The van der Waals surface area contributed by atoms with Crippen molar-refractivity contribution < 1.29 is 28.6 Å². The van der Waals surface area contributed by atoms with Gasteiger partial charge >= 0.3 is 17.9 Å². The fourth-order valence-electron chi connectivity index (χ4n) is 9.58. The predicted molar refractivity (Wildman–Crippen MR) is 293 cm³/mol. The fourth-order valence-corrected chi connectivity index (χ4v) is 9.58. The molecule has 0 radical (unpaired) electrons. The second-order valence-corrected chi connectivity index (χ2v) is 22.3. The topological polar surface area (TPSA) is 78.9 Å². The number of esters is 3. The Labute approximate surface area is 425 Å². The minimum atomic E-state index is -0.763. The van der Waals surface area contributed by atoms with Gasteiger partial charge in [-0.2, -0.15) is 0 Å². The SMILES string of the molecule is CCCCCCCCCCCCCCCCCCCCC(=O)OC[C@@H](COC(=O)CCCCCCCCCCCCCCCC(C)C)OC(=O)CCCCCCCCCCCCCCCC(C)C. The fraction of sp³-hybridized carbons (Fsp3) is 0.952. The molecule has 0 heterocycles. The molecule has 68 heavy (non-hydrogen) atoms. The maximum atomic E-state index is 12.9. The summed E-state index contributed by atoms with van der Waals surface area (Å²) in [6.07, 6.45) is 59.5. The molecule has 0 aliphatic rings. The zero-order valence-electron chi connectivity index (χ0n) is 46.7. The van der Waals surface area contributed by atoms with Crippen LogP contribution < -0.4 is 0 Å². The van der Waals surface area contributed by atoms with Gasteiger partial charge in [-0.15, -0.1) is 0 Å². The number of ether oxygens (including phenoxy) is 3. The van der Waals surface area contributed by atoms with E-state index in [0.29, 0.717) is 19.3 Å². The van der Waals surface area contributed by atoms with Crippen molar-refractivity contribution in [1.82, 2.24) is 0 Å². The maximum Gasteiger partial charge on any atom is 0.306 e. The first-order valence-corrected chi connectivity index (χ1v) is 30.7. The highest BCUT2D eigenvalue weighted by Crippen LogP contribution is 2.19. The predicted octanol–water partition coefficient (Wildman–Crippen LogP) is 20.4. The number of hydrogen-bond acceptors (Lipinski definition) is 6. The maximum absolute atomic E-state index is 12.9. The molecule has 6 nitrogen and oxygen atoms in total. The first-order valence-electron chi connectivity index (χ1n) is 30.7. The first-order chi connectivity index (χ1) is 33.2. The van der Waals surface area contributed by atoms with E-state index < -0.39 is 6.10 Å². The summed E-state index contributed by atoms with van der Waals surface area (Å²) in [5.74, 6) is 0.843. The minimum absolute atomic E-state index is 0.0622. The van der Waals surface area contributed by atoms with E-state index in [1.165, 1.54) is 238 Å². The lowest BCUT2D eigenvalue weighted by molar-refractivity contribution is -0.167. The molecule has 0 bridgehead atoms. The Morgan fingerprint density at radius 3 is 0.721 bits per heavy atom. The van der Waals surface area contributed by atoms with Gasteiger partial charge in [-0.25, -0.2) is 0 Å². The second-order valence-electron chi connectivity index (χ2n) is 22.3. The van der Waals surface area contributed by atoms with E-state index >= 15 is 0 Å². The van der Waals surface area contributed by atoms with Gasteiger partial charge in [0.1, 0.15) is 13.2 Å². The van der Waals surface area contributed by atoms with Crippen molar-refractivity contribution in [2.24, 2.45) is 11.8 Å². The standard InChI is InChI=1S/C62H120O6/c1-6-7-8-9-10-11-12-13-14-15-16-17-22-27-32-37-42-47-52-60(63)66-55-59(68-62(65)54-49-44-39-34-29-24-19-21-26-31-36-41-46-51-58(4)5)56-67-61(64)53-48-43-38-33-28-23-18-20-25-30-35-40-45-50-57(2)3/h57-59H,6-56H2,1-5H3/t59-/m0/s1. The van der Waals surface area contributed by atoms with Gasteiger partial charge in [0, 0.05) is 19.3 Å². The number of hydrogen-bond donors (Lipinski definition) is 0. The van der Waals surface area contributed by atoms with E-state index in [2.05, 4.69) is 34.6 Å². The Hall–Kier alpha value is -1.59. The van der Waals surface area contributed by atoms with Gasteiger partial charge in [0.25, 0.3) is 0 Å². The third kappa shape index (κ3) is 55.3. The van der Waals surface area contributed by atoms with Gasteiger partial charge in [-0.3, -0.25) is 14.4 Å². The van der Waals surface area contributed by atoms with Crippen molar-refractivity contribution in [3.8, 4) is 0 Å². The Bertz CT molecular complexity index is 1040. The minimum Gasteiger partial charge on any atom is -0.462 e. The van der Waals surface area contributed by atoms with Crippen LogP contribution in [0.1, 0.15) is 349 Å². The highest BCUT2D eigenvalue weighted by molar-refractivity contribution is 5.71. The van der Waals surface area contributed by atoms with E-state index in [1.807, 2.05) is 0 Å². The zero-order valence-corrected chi connectivity index (χ0v) is 46.7. The van der Waals surface area contributed by atoms with Crippen molar-refractivity contribution >= 4 is 17.9 Å². The monoisotopic (exact) mass is 961 g/mol. The lowest BCUT2D eigenvalue weighted by Gasteiger charge is -2.18. The van der Waals surface area contributed by atoms with Gasteiger partial charge in [-0.05, 0) is 31.1 Å². The number of rotatable bonds is 56. The Kier molecular flexibility index (Phi) is 53.5. The van der Waals surface area contributed by atoms with Crippen LogP contribution in [0.2, 0.25) is 0 Å². The van der Waals surface area contributed by atoms with Crippen LogP contribution in [-0.4, -0.2) is 37.2 Å². The smallest absolute Gasteiger partial charge is 0.306 e. The largest absolute Gasteiger partial charge is 0.462 e. The molecule has 0 saturated carbocycles. The molecule has 0 aliphatic heterocycles. The average molecular weight is 962 g/mol. The quantitative estimate of drug-likeness (QED) is 0.0343. The van der Waals surface area contributed by atoms with Crippen LogP contribution in [-0.2, 0) is 28.6 Å². The van der Waals surface area contributed by atoms with E-state index in [4.69, 9.17) is 14.2 Å². The van der Waals surface area contributed by atoms with E-state index in [0.717, 1.165) is 69.6 Å². The van der Waals surface area contributed by atoms with Crippen LogP contribution >= 0.6 is 0 Å². The van der Waals surface area contributed by atoms with Crippen molar-refractivity contribution in [3.05, 3.63) is 0 Å². The highest BCUT2D eigenvalue weighted by atomic mass is 16.6. The summed E-state index contributed by atoms with van der Waals surface area (Å²) in [5, 5.41) is 0. The molecule has 0 saturated heterocycles. The Morgan fingerprint density at radius 2 is 0.485 bits per heavy atom. The first kappa shape index (κ1) is 66.4. The molecule has 0 aromatic rings. The van der Waals surface area contributed by atoms with Crippen molar-refractivity contribution in [1.29, 1.82) is 0 Å². The Morgan fingerprint density at radius 1 is 0.279 bits per heavy atom. The molecular weight excluding hydrogens is 841 g/mol. The summed E-state index contributed by atoms with van der Waals surface area (Å²) >= 11 is 0. The Balaban J connectivity index is 4.29. The zero-order chi connectivity index (χ0) is 49.6. The molecule has 1 atom stereocenters. The van der Waals surface area contributed by atoms with Crippen LogP contribution in [0.15, 0.2) is 0 Å². The van der Waals surface area contributed by atoms with Gasteiger partial charge < -0.3 is 14.2 Å². The van der Waals surface area contributed by atoms with Crippen LogP contribution in [0.4, 0.5) is 0 Å². The molecule has 0 N–H and O–H groups in total. The number of unbranched alkanes of at least 4 members (excludes halogenated alkanes) is 41. The summed E-state index contributed by atoms with van der Waals surface area (Å²) in [6.45, 7) is 11.4. The molecule has 0 aromatic heterocycles. The lowest BCUT2D eigenvalue weighted by atomic mass is 10.0. The molecule has 0 aliphatic carbocycles. The summed E-state index contributed by atoms with van der Waals surface area (Å²) in [7, 11) is 0.